The molecule has 1 atom stereocenters. The van der Waals surface area contributed by atoms with Crippen molar-refractivity contribution < 1.29 is 14.3 Å². The molecule has 1 heterocycles. The summed E-state index contributed by atoms with van der Waals surface area (Å²) >= 11 is 0. The molecular weight excluding hydrogens is 216 g/mol. The van der Waals surface area contributed by atoms with Gasteiger partial charge in [-0.25, -0.2) is 0 Å². The van der Waals surface area contributed by atoms with Gasteiger partial charge in [-0.15, -0.1) is 6.58 Å². The molecule has 90 valence electrons. The number of carbonyl (C=O) groups excluding carboxylic acids is 1. The number of esters is 1. The predicted octanol–water partition coefficient (Wildman–Crippen LogP) is 2.36. The highest BCUT2D eigenvalue weighted by Crippen LogP contribution is 2.38. The van der Waals surface area contributed by atoms with Gasteiger partial charge >= 0.3 is 5.97 Å². The number of para-hydroxylation sites is 1. The molecule has 1 aromatic rings. The Morgan fingerprint density at radius 2 is 2.29 bits per heavy atom. The molecule has 17 heavy (non-hydrogen) atoms. The number of rotatable bonds is 4. The highest BCUT2D eigenvalue weighted by Gasteiger charge is 2.43. The third-order valence-electron chi connectivity index (χ3n) is 3.09. The van der Waals surface area contributed by atoms with Crippen molar-refractivity contribution >= 4 is 5.97 Å². The minimum absolute atomic E-state index is 0.224. The number of carbonyl (C=O) groups is 1. The van der Waals surface area contributed by atoms with Crippen molar-refractivity contribution in [3.8, 4) is 5.75 Å². The maximum Gasteiger partial charge on any atom is 0.320 e. The zero-order valence-electron chi connectivity index (χ0n) is 9.94. The lowest BCUT2D eigenvalue weighted by Crippen LogP contribution is -2.43. The van der Waals surface area contributed by atoms with Gasteiger partial charge in [-0.1, -0.05) is 24.3 Å². The largest absolute Gasteiger partial charge is 0.426 e. The van der Waals surface area contributed by atoms with E-state index in [0.717, 1.165) is 5.56 Å². The SMILES string of the molecule is C=CC[C@]1(COC)Cc2ccccc2OC1=O. The second kappa shape index (κ2) is 4.72. The van der Waals surface area contributed by atoms with Crippen LogP contribution < -0.4 is 4.74 Å². The molecule has 2 rings (SSSR count). The number of hydrogen-bond donors (Lipinski definition) is 0. The van der Waals surface area contributed by atoms with Crippen LogP contribution in [0, 0.1) is 5.41 Å². The average molecular weight is 232 g/mol. The van der Waals surface area contributed by atoms with Crippen molar-refractivity contribution in [2.24, 2.45) is 5.41 Å². The molecular formula is C14H16O3. The van der Waals surface area contributed by atoms with Crippen LogP contribution in [-0.4, -0.2) is 19.7 Å². The van der Waals surface area contributed by atoms with Gasteiger partial charge in [-0.2, -0.15) is 0 Å². The van der Waals surface area contributed by atoms with Crippen LogP contribution in [0.1, 0.15) is 12.0 Å². The Labute approximate surface area is 101 Å². The van der Waals surface area contributed by atoms with Crippen LogP contribution in [0.3, 0.4) is 0 Å². The fraction of sp³-hybridized carbons (Fsp3) is 0.357. The van der Waals surface area contributed by atoms with Crippen molar-refractivity contribution in [1.29, 1.82) is 0 Å². The first-order valence-electron chi connectivity index (χ1n) is 5.62. The first-order chi connectivity index (χ1) is 8.22. The lowest BCUT2D eigenvalue weighted by Gasteiger charge is -2.34. The Bertz CT molecular complexity index is 439. The van der Waals surface area contributed by atoms with Gasteiger partial charge in [0.1, 0.15) is 5.75 Å². The number of hydrogen-bond acceptors (Lipinski definition) is 3. The van der Waals surface area contributed by atoms with Gasteiger partial charge in [0.2, 0.25) is 0 Å². The number of allylic oxidation sites excluding steroid dienone is 1. The molecule has 1 aromatic carbocycles. The standard InChI is InChI=1S/C14H16O3/c1-3-8-14(10-16-2)9-11-6-4-5-7-12(11)17-13(14)15/h3-7H,1,8-10H2,2H3/t14-/m1/s1. The van der Waals surface area contributed by atoms with Gasteiger partial charge in [0, 0.05) is 7.11 Å². The quantitative estimate of drug-likeness (QED) is 0.454. The molecule has 0 aliphatic carbocycles. The van der Waals surface area contributed by atoms with Crippen molar-refractivity contribution in [1.82, 2.24) is 0 Å². The maximum atomic E-state index is 12.1. The lowest BCUT2D eigenvalue weighted by atomic mass is 9.77. The van der Waals surface area contributed by atoms with Gasteiger partial charge in [0.05, 0.1) is 12.0 Å². The second-order valence-electron chi connectivity index (χ2n) is 4.38. The molecule has 1 aliphatic heterocycles. The van der Waals surface area contributed by atoms with E-state index in [4.69, 9.17) is 9.47 Å². The Hall–Kier alpha value is -1.61. The van der Waals surface area contributed by atoms with Crippen molar-refractivity contribution in [2.45, 2.75) is 12.8 Å². The first kappa shape index (κ1) is 11.9. The van der Waals surface area contributed by atoms with Crippen LogP contribution in [0.2, 0.25) is 0 Å². The molecule has 3 nitrogen and oxygen atoms in total. The van der Waals surface area contributed by atoms with E-state index in [1.54, 1.807) is 13.2 Å². The van der Waals surface area contributed by atoms with Gasteiger partial charge in [0.25, 0.3) is 0 Å². The second-order valence-corrected chi connectivity index (χ2v) is 4.38. The monoisotopic (exact) mass is 232 g/mol. The van der Waals surface area contributed by atoms with E-state index < -0.39 is 5.41 Å². The van der Waals surface area contributed by atoms with Crippen LogP contribution in [0.15, 0.2) is 36.9 Å². The molecule has 0 amide bonds. The fourth-order valence-corrected chi connectivity index (χ4v) is 2.27. The zero-order chi connectivity index (χ0) is 12.3. The van der Waals surface area contributed by atoms with Crippen LogP contribution >= 0.6 is 0 Å². The topological polar surface area (TPSA) is 35.5 Å². The first-order valence-corrected chi connectivity index (χ1v) is 5.62. The predicted molar refractivity (Wildman–Crippen MR) is 64.9 cm³/mol. The fourth-order valence-electron chi connectivity index (χ4n) is 2.27. The van der Waals surface area contributed by atoms with E-state index in [0.29, 0.717) is 25.2 Å². The average Bonchev–Trinajstić information content (AvgIpc) is 2.31. The van der Waals surface area contributed by atoms with E-state index in [9.17, 15) is 4.79 Å². The van der Waals surface area contributed by atoms with Gasteiger partial charge in [-0.3, -0.25) is 4.79 Å². The minimum Gasteiger partial charge on any atom is -0.426 e. The summed E-state index contributed by atoms with van der Waals surface area (Å²) < 4.78 is 10.6. The molecule has 0 saturated carbocycles. The van der Waals surface area contributed by atoms with Crippen molar-refractivity contribution in [2.75, 3.05) is 13.7 Å². The molecule has 0 fully saturated rings. The molecule has 0 aromatic heterocycles. The smallest absolute Gasteiger partial charge is 0.320 e. The Balaban J connectivity index is 2.36. The van der Waals surface area contributed by atoms with Gasteiger partial charge in [0.15, 0.2) is 0 Å². The van der Waals surface area contributed by atoms with E-state index in [1.807, 2.05) is 24.3 Å². The number of benzene rings is 1. The molecule has 0 spiro atoms. The number of ether oxygens (including phenoxy) is 2. The Morgan fingerprint density at radius 3 is 3.00 bits per heavy atom. The summed E-state index contributed by atoms with van der Waals surface area (Å²) in [4.78, 5) is 12.1. The number of methoxy groups -OCH3 is 1. The highest BCUT2D eigenvalue weighted by molar-refractivity contribution is 5.82. The van der Waals surface area contributed by atoms with Crippen molar-refractivity contribution in [3.05, 3.63) is 42.5 Å². The summed E-state index contributed by atoms with van der Waals surface area (Å²) in [5.74, 6) is 0.436. The van der Waals surface area contributed by atoms with E-state index in [-0.39, 0.29) is 5.97 Å². The molecule has 3 heteroatoms. The zero-order valence-corrected chi connectivity index (χ0v) is 9.94. The van der Waals surface area contributed by atoms with Crippen molar-refractivity contribution in [3.63, 3.8) is 0 Å². The van der Waals surface area contributed by atoms with Gasteiger partial charge in [-0.05, 0) is 24.5 Å². The summed E-state index contributed by atoms with van der Waals surface area (Å²) in [6.07, 6.45) is 2.95. The minimum atomic E-state index is -0.620. The van der Waals surface area contributed by atoms with E-state index in [1.165, 1.54) is 0 Å². The maximum absolute atomic E-state index is 12.1. The third-order valence-corrected chi connectivity index (χ3v) is 3.09. The molecule has 0 unspecified atom stereocenters. The molecule has 0 saturated heterocycles. The third kappa shape index (κ3) is 2.11. The van der Waals surface area contributed by atoms with Crippen LogP contribution in [0.25, 0.3) is 0 Å². The summed E-state index contributed by atoms with van der Waals surface area (Å²) in [6.45, 7) is 4.06. The normalized spacial score (nSPS) is 22.8. The van der Waals surface area contributed by atoms with E-state index >= 15 is 0 Å². The summed E-state index contributed by atoms with van der Waals surface area (Å²) in [5, 5.41) is 0. The molecule has 1 aliphatic rings. The Kier molecular flexibility index (Phi) is 3.29. The molecule has 0 bridgehead atoms. The van der Waals surface area contributed by atoms with E-state index in [2.05, 4.69) is 6.58 Å². The summed E-state index contributed by atoms with van der Waals surface area (Å²) in [5.41, 5.74) is 0.427. The summed E-state index contributed by atoms with van der Waals surface area (Å²) in [7, 11) is 1.60. The molecule has 0 radical (unpaired) electrons. The van der Waals surface area contributed by atoms with Crippen LogP contribution in [-0.2, 0) is 16.0 Å². The van der Waals surface area contributed by atoms with Gasteiger partial charge < -0.3 is 9.47 Å². The molecule has 0 N–H and O–H groups in total. The highest BCUT2D eigenvalue weighted by atomic mass is 16.5. The van der Waals surface area contributed by atoms with Crippen LogP contribution in [0.4, 0.5) is 0 Å². The lowest BCUT2D eigenvalue weighted by molar-refractivity contribution is -0.151. The summed E-state index contributed by atoms with van der Waals surface area (Å²) in [6, 6.07) is 7.61. The number of fused-ring (bicyclic) bond motifs is 1. The van der Waals surface area contributed by atoms with Crippen LogP contribution in [0.5, 0.6) is 5.75 Å². The Morgan fingerprint density at radius 1 is 1.53 bits per heavy atom.